The molecule has 30 heavy (non-hydrogen) atoms. The molecule has 3 amide bonds. The van der Waals surface area contributed by atoms with Crippen molar-refractivity contribution in [1.82, 2.24) is 10.2 Å². The van der Waals surface area contributed by atoms with Gasteiger partial charge in [0.05, 0.1) is 13.1 Å². The zero-order valence-corrected chi connectivity index (χ0v) is 17.8. The Morgan fingerprint density at radius 1 is 0.900 bits per heavy atom. The molecular weight excluding hydrogens is 380 g/mol. The molecule has 0 aromatic heterocycles. The van der Waals surface area contributed by atoms with Crippen molar-refractivity contribution in [1.29, 1.82) is 0 Å². The second-order valence-electron chi connectivity index (χ2n) is 7.06. The summed E-state index contributed by atoms with van der Waals surface area (Å²) in [6.45, 7) is 7.14. The van der Waals surface area contributed by atoms with E-state index in [1.807, 2.05) is 45.0 Å². The number of carbonyl (C=O) groups excluding carboxylic acids is 3. The van der Waals surface area contributed by atoms with Gasteiger partial charge < -0.3 is 16.0 Å². The van der Waals surface area contributed by atoms with Gasteiger partial charge in [-0.1, -0.05) is 31.2 Å². The van der Waals surface area contributed by atoms with Crippen LogP contribution in [0.25, 0.3) is 0 Å². The van der Waals surface area contributed by atoms with E-state index in [1.54, 1.807) is 29.2 Å². The Labute approximate surface area is 177 Å². The van der Waals surface area contributed by atoms with Gasteiger partial charge in [0.25, 0.3) is 5.91 Å². The van der Waals surface area contributed by atoms with E-state index in [4.69, 9.17) is 0 Å². The number of para-hydroxylation sites is 1. The maximum atomic E-state index is 12.5. The van der Waals surface area contributed by atoms with Crippen molar-refractivity contribution in [3.05, 3.63) is 59.7 Å². The standard InChI is InChI=1S/C23H30N4O3/c1-4-13-27(16-22(29)26-20-12-7-6-9-17(20)3)15-21(28)25-19-11-8-10-18(14-19)23(30)24-5-2/h6-12,14H,4-5,13,15-16H2,1-3H3,(H,24,30)(H,25,28)(H,26,29). The third kappa shape index (κ3) is 7.33. The largest absolute Gasteiger partial charge is 0.352 e. The minimum atomic E-state index is -0.236. The van der Waals surface area contributed by atoms with Crippen LogP contribution in [-0.2, 0) is 9.59 Å². The molecular formula is C23H30N4O3. The molecule has 0 radical (unpaired) electrons. The van der Waals surface area contributed by atoms with Gasteiger partial charge >= 0.3 is 0 Å². The first-order valence-corrected chi connectivity index (χ1v) is 10.2. The summed E-state index contributed by atoms with van der Waals surface area (Å²) in [7, 11) is 0. The quantitative estimate of drug-likeness (QED) is 0.562. The fourth-order valence-corrected chi connectivity index (χ4v) is 3.04. The molecule has 0 atom stereocenters. The zero-order valence-electron chi connectivity index (χ0n) is 17.8. The highest BCUT2D eigenvalue weighted by molar-refractivity contribution is 5.98. The Hall–Kier alpha value is -3.19. The summed E-state index contributed by atoms with van der Waals surface area (Å²) in [6.07, 6.45) is 0.817. The van der Waals surface area contributed by atoms with E-state index in [0.717, 1.165) is 17.7 Å². The number of hydrogen-bond acceptors (Lipinski definition) is 4. The summed E-state index contributed by atoms with van der Waals surface area (Å²) in [6, 6.07) is 14.4. The molecule has 2 aromatic rings. The average molecular weight is 411 g/mol. The van der Waals surface area contributed by atoms with E-state index in [9.17, 15) is 14.4 Å². The number of hydrogen-bond donors (Lipinski definition) is 3. The molecule has 0 fully saturated rings. The van der Waals surface area contributed by atoms with Crippen LogP contribution in [0, 0.1) is 6.92 Å². The number of anilines is 2. The van der Waals surface area contributed by atoms with Gasteiger partial charge in [0.1, 0.15) is 0 Å². The molecule has 2 rings (SSSR count). The lowest BCUT2D eigenvalue weighted by atomic mass is 10.2. The average Bonchev–Trinajstić information content (AvgIpc) is 2.70. The summed E-state index contributed by atoms with van der Waals surface area (Å²) in [5.74, 6) is -0.585. The molecule has 160 valence electrons. The first-order chi connectivity index (χ1) is 14.4. The fraction of sp³-hybridized carbons (Fsp3) is 0.348. The molecule has 0 aliphatic rings. The van der Waals surface area contributed by atoms with E-state index in [1.165, 1.54) is 0 Å². The molecule has 7 heteroatoms. The van der Waals surface area contributed by atoms with E-state index >= 15 is 0 Å². The molecule has 0 saturated carbocycles. The summed E-state index contributed by atoms with van der Waals surface area (Å²) in [4.78, 5) is 38.7. The molecule has 0 heterocycles. The summed E-state index contributed by atoms with van der Waals surface area (Å²) in [5, 5.41) is 8.44. The molecule has 0 unspecified atom stereocenters. The van der Waals surface area contributed by atoms with Crippen molar-refractivity contribution < 1.29 is 14.4 Å². The van der Waals surface area contributed by atoms with Crippen LogP contribution in [0.4, 0.5) is 11.4 Å². The van der Waals surface area contributed by atoms with Gasteiger partial charge in [-0.25, -0.2) is 0 Å². The Balaban J connectivity index is 1.95. The van der Waals surface area contributed by atoms with Gasteiger partial charge in [-0.3, -0.25) is 19.3 Å². The lowest BCUT2D eigenvalue weighted by Gasteiger charge is -2.21. The predicted octanol–water partition coefficient (Wildman–Crippen LogP) is 3.03. The lowest BCUT2D eigenvalue weighted by molar-refractivity contribution is -0.120. The molecule has 7 nitrogen and oxygen atoms in total. The summed E-state index contributed by atoms with van der Waals surface area (Å²) < 4.78 is 0. The van der Waals surface area contributed by atoms with Gasteiger partial charge in [0.2, 0.25) is 11.8 Å². The van der Waals surface area contributed by atoms with E-state index in [0.29, 0.717) is 24.3 Å². The highest BCUT2D eigenvalue weighted by Gasteiger charge is 2.15. The van der Waals surface area contributed by atoms with Crippen LogP contribution in [0.2, 0.25) is 0 Å². The summed E-state index contributed by atoms with van der Waals surface area (Å²) >= 11 is 0. The van der Waals surface area contributed by atoms with Crippen LogP contribution in [0.15, 0.2) is 48.5 Å². The Morgan fingerprint density at radius 2 is 1.60 bits per heavy atom. The third-order valence-corrected chi connectivity index (χ3v) is 4.44. The Morgan fingerprint density at radius 3 is 2.27 bits per heavy atom. The molecule has 2 aromatic carbocycles. The van der Waals surface area contributed by atoms with Crippen molar-refractivity contribution in [2.75, 3.05) is 36.8 Å². The van der Waals surface area contributed by atoms with Gasteiger partial charge in [-0.2, -0.15) is 0 Å². The van der Waals surface area contributed by atoms with Crippen LogP contribution in [0.3, 0.4) is 0 Å². The topological polar surface area (TPSA) is 90.5 Å². The minimum absolute atomic E-state index is 0.0837. The second-order valence-corrected chi connectivity index (χ2v) is 7.06. The van der Waals surface area contributed by atoms with Gasteiger partial charge in [0.15, 0.2) is 0 Å². The molecule has 0 bridgehead atoms. The van der Waals surface area contributed by atoms with Crippen LogP contribution >= 0.6 is 0 Å². The maximum Gasteiger partial charge on any atom is 0.251 e. The molecule has 0 aliphatic carbocycles. The normalized spacial score (nSPS) is 10.5. The van der Waals surface area contributed by atoms with Crippen molar-refractivity contribution in [3.63, 3.8) is 0 Å². The maximum absolute atomic E-state index is 12.5. The third-order valence-electron chi connectivity index (χ3n) is 4.44. The first-order valence-electron chi connectivity index (χ1n) is 10.2. The number of nitrogens with zero attached hydrogens (tertiary/aromatic N) is 1. The van der Waals surface area contributed by atoms with Crippen molar-refractivity contribution in [3.8, 4) is 0 Å². The second kappa shape index (κ2) is 11.7. The number of amides is 3. The monoisotopic (exact) mass is 410 g/mol. The van der Waals surface area contributed by atoms with E-state index in [2.05, 4.69) is 16.0 Å². The molecule has 0 aliphatic heterocycles. The summed E-state index contributed by atoms with van der Waals surface area (Å²) in [5.41, 5.74) is 2.78. The molecule has 3 N–H and O–H groups in total. The number of rotatable bonds is 10. The minimum Gasteiger partial charge on any atom is -0.352 e. The zero-order chi connectivity index (χ0) is 21.9. The van der Waals surface area contributed by atoms with Gasteiger partial charge in [-0.15, -0.1) is 0 Å². The Kier molecular flexibility index (Phi) is 9.03. The molecule has 0 saturated heterocycles. The predicted molar refractivity (Wildman–Crippen MR) is 120 cm³/mol. The smallest absolute Gasteiger partial charge is 0.251 e. The van der Waals surface area contributed by atoms with Crippen LogP contribution in [0.5, 0.6) is 0 Å². The number of aryl methyl sites for hydroxylation is 1. The Bertz CT molecular complexity index is 882. The fourth-order valence-electron chi connectivity index (χ4n) is 3.04. The van der Waals surface area contributed by atoms with Gasteiger partial charge in [0, 0.05) is 23.5 Å². The van der Waals surface area contributed by atoms with Crippen molar-refractivity contribution >= 4 is 29.1 Å². The van der Waals surface area contributed by atoms with Gasteiger partial charge in [-0.05, 0) is 56.6 Å². The van der Waals surface area contributed by atoms with E-state index in [-0.39, 0.29) is 30.8 Å². The van der Waals surface area contributed by atoms with E-state index < -0.39 is 0 Å². The lowest BCUT2D eigenvalue weighted by Crippen LogP contribution is -2.39. The highest BCUT2D eigenvalue weighted by Crippen LogP contribution is 2.13. The highest BCUT2D eigenvalue weighted by atomic mass is 16.2. The van der Waals surface area contributed by atoms with Crippen LogP contribution in [-0.4, -0.2) is 48.8 Å². The SMILES string of the molecule is CCCN(CC(=O)Nc1cccc(C(=O)NCC)c1)CC(=O)Nc1ccccc1C. The first kappa shape index (κ1) is 23.1. The van der Waals surface area contributed by atoms with Crippen molar-refractivity contribution in [2.45, 2.75) is 27.2 Å². The number of benzene rings is 2. The van der Waals surface area contributed by atoms with Crippen LogP contribution in [0.1, 0.15) is 36.2 Å². The number of carbonyl (C=O) groups is 3. The van der Waals surface area contributed by atoms with Crippen LogP contribution < -0.4 is 16.0 Å². The molecule has 0 spiro atoms. The number of nitrogens with one attached hydrogen (secondary N) is 3. The van der Waals surface area contributed by atoms with Crippen molar-refractivity contribution in [2.24, 2.45) is 0 Å².